The average Bonchev–Trinajstić information content (AvgIpc) is 3.25. The lowest BCUT2D eigenvalue weighted by Crippen LogP contribution is -2.33. The molecule has 0 bridgehead atoms. The Hall–Kier alpha value is -2.99. The molecule has 2 heterocycles. The fraction of sp³-hybridized carbons (Fsp3) is 0.240. The Morgan fingerprint density at radius 3 is 2.65 bits per heavy atom. The first-order chi connectivity index (χ1) is 15.2. The lowest BCUT2D eigenvalue weighted by molar-refractivity contribution is -0.0203. The molecule has 5 rings (SSSR count). The molecular formula is C25H23BrN2O3. The summed E-state index contributed by atoms with van der Waals surface area (Å²) >= 11 is 3.59. The highest BCUT2D eigenvalue weighted by Crippen LogP contribution is 2.49. The maximum atomic E-state index is 6.46. The minimum Gasteiger partial charge on any atom is -0.496 e. The molecule has 0 aliphatic carbocycles. The zero-order valence-electron chi connectivity index (χ0n) is 17.4. The molecule has 5 nitrogen and oxygen atoms in total. The predicted molar refractivity (Wildman–Crippen MR) is 124 cm³/mol. The maximum Gasteiger partial charge on any atom is 0.217 e. The summed E-state index contributed by atoms with van der Waals surface area (Å²) in [5.41, 5.74) is 4.22. The minimum atomic E-state index is -0.382. The molecular weight excluding hydrogens is 456 g/mol. The summed E-state index contributed by atoms with van der Waals surface area (Å²) in [6.45, 7) is 2.64. The van der Waals surface area contributed by atoms with Gasteiger partial charge in [0.1, 0.15) is 17.2 Å². The van der Waals surface area contributed by atoms with Crippen LogP contribution in [-0.2, 0) is 0 Å². The van der Waals surface area contributed by atoms with Crippen LogP contribution in [0.3, 0.4) is 0 Å². The summed E-state index contributed by atoms with van der Waals surface area (Å²) in [5.74, 6) is 2.53. The molecule has 0 aromatic heterocycles. The van der Waals surface area contributed by atoms with Crippen molar-refractivity contribution < 1.29 is 14.2 Å². The highest BCUT2D eigenvalue weighted by atomic mass is 79.9. The van der Waals surface area contributed by atoms with Gasteiger partial charge in [-0.3, -0.25) is 0 Å². The zero-order chi connectivity index (χ0) is 21.4. The molecule has 0 radical (unpaired) electrons. The van der Waals surface area contributed by atoms with Crippen LogP contribution < -0.4 is 14.2 Å². The Labute approximate surface area is 190 Å². The summed E-state index contributed by atoms with van der Waals surface area (Å²) in [7, 11) is 1.68. The van der Waals surface area contributed by atoms with E-state index < -0.39 is 0 Å². The number of hydrazone groups is 1. The monoisotopic (exact) mass is 478 g/mol. The molecule has 0 saturated carbocycles. The van der Waals surface area contributed by atoms with Crippen molar-refractivity contribution in [3.05, 3.63) is 87.9 Å². The number of ether oxygens (including phenoxy) is 3. The second-order valence-corrected chi connectivity index (χ2v) is 8.41. The lowest BCUT2D eigenvalue weighted by atomic mass is 9.96. The number of nitrogens with zero attached hydrogens (tertiary/aromatic N) is 2. The van der Waals surface area contributed by atoms with Crippen molar-refractivity contribution in [3.8, 4) is 17.2 Å². The molecule has 0 spiro atoms. The van der Waals surface area contributed by atoms with Crippen molar-refractivity contribution in [2.45, 2.75) is 25.6 Å². The van der Waals surface area contributed by atoms with Crippen LogP contribution in [-0.4, -0.2) is 24.4 Å². The van der Waals surface area contributed by atoms with Crippen LogP contribution in [0, 0.1) is 0 Å². The largest absolute Gasteiger partial charge is 0.496 e. The second-order valence-electron chi connectivity index (χ2n) is 7.50. The van der Waals surface area contributed by atoms with Crippen LogP contribution in [0.1, 0.15) is 42.3 Å². The fourth-order valence-electron chi connectivity index (χ4n) is 4.22. The third kappa shape index (κ3) is 3.65. The number of rotatable bonds is 5. The van der Waals surface area contributed by atoms with E-state index in [0.717, 1.165) is 50.5 Å². The van der Waals surface area contributed by atoms with E-state index in [-0.39, 0.29) is 12.3 Å². The van der Waals surface area contributed by atoms with Gasteiger partial charge >= 0.3 is 0 Å². The van der Waals surface area contributed by atoms with Crippen molar-refractivity contribution in [3.63, 3.8) is 0 Å². The Kier molecular flexibility index (Phi) is 5.32. The summed E-state index contributed by atoms with van der Waals surface area (Å²) in [6.07, 6.45) is 0.425. The zero-order valence-corrected chi connectivity index (χ0v) is 19.0. The molecule has 0 fully saturated rings. The molecule has 2 aliphatic heterocycles. The van der Waals surface area contributed by atoms with Crippen LogP contribution in [0.2, 0.25) is 0 Å². The van der Waals surface area contributed by atoms with Crippen LogP contribution in [0.5, 0.6) is 17.2 Å². The summed E-state index contributed by atoms with van der Waals surface area (Å²) in [6, 6.07) is 22.4. The molecule has 0 unspecified atom stereocenters. The van der Waals surface area contributed by atoms with Crippen LogP contribution in [0.25, 0.3) is 0 Å². The topological polar surface area (TPSA) is 43.3 Å². The number of benzene rings is 3. The number of halogens is 1. The standard InChI is InChI=1S/C25H23BrN2O3/c1-3-30-18-11-8-16(9-12-18)21-15-22-19-6-4-5-7-24(19)31-25(28(22)27-21)20-14-17(26)10-13-23(20)29-2/h4-14,22,25H,3,15H2,1-2H3/t22-,25-/m0/s1. The van der Waals surface area contributed by atoms with Gasteiger partial charge in [-0.2, -0.15) is 5.10 Å². The van der Waals surface area contributed by atoms with Crippen molar-refractivity contribution in [2.24, 2.45) is 5.10 Å². The normalized spacial score (nSPS) is 19.2. The Balaban J connectivity index is 1.57. The van der Waals surface area contributed by atoms with E-state index >= 15 is 0 Å². The molecule has 3 aromatic rings. The van der Waals surface area contributed by atoms with E-state index in [1.807, 2.05) is 49.4 Å². The van der Waals surface area contributed by atoms with Gasteiger partial charge in [-0.1, -0.05) is 34.1 Å². The number of hydrogen-bond donors (Lipinski definition) is 0. The predicted octanol–water partition coefficient (Wildman–Crippen LogP) is 6.10. The maximum absolute atomic E-state index is 6.46. The van der Waals surface area contributed by atoms with Crippen molar-refractivity contribution in [1.82, 2.24) is 5.01 Å². The third-order valence-corrected chi connectivity index (χ3v) is 6.15. The number of para-hydroxylation sites is 1. The molecule has 2 atom stereocenters. The van der Waals surface area contributed by atoms with Gasteiger partial charge in [0.25, 0.3) is 0 Å². The number of methoxy groups -OCH3 is 1. The van der Waals surface area contributed by atoms with E-state index in [1.165, 1.54) is 0 Å². The van der Waals surface area contributed by atoms with Crippen molar-refractivity contribution in [1.29, 1.82) is 0 Å². The van der Waals surface area contributed by atoms with Crippen LogP contribution in [0.4, 0.5) is 0 Å². The van der Waals surface area contributed by atoms with E-state index in [4.69, 9.17) is 19.3 Å². The van der Waals surface area contributed by atoms with Crippen molar-refractivity contribution in [2.75, 3.05) is 13.7 Å². The van der Waals surface area contributed by atoms with Gasteiger partial charge < -0.3 is 14.2 Å². The Morgan fingerprint density at radius 1 is 1.06 bits per heavy atom. The lowest BCUT2D eigenvalue weighted by Gasteiger charge is -2.38. The fourth-order valence-corrected chi connectivity index (χ4v) is 4.60. The smallest absolute Gasteiger partial charge is 0.217 e. The SMILES string of the molecule is CCOc1ccc(C2=NN3[C@@H](C2)c2ccccc2O[C@H]3c2cc(Br)ccc2OC)cc1. The quantitative estimate of drug-likeness (QED) is 0.444. The molecule has 31 heavy (non-hydrogen) atoms. The highest BCUT2D eigenvalue weighted by Gasteiger charge is 2.41. The highest BCUT2D eigenvalue weighted by molar-refractivity contribution is 9.10. The molecule has 3 aromatic carbocycles. The van der Waals surface area contributed by atoms with Gasteiger partial charge in [0.15, 0.2) is 0 Å². The van der Waals surface area contributed by atoms with E-state index in [1.54, 1.807) is 7.11 Å². The van der Waals surface area contributed by atoms with E-state index in [9.17, 15) is 0 Å². The molecule has 2 aliphatic rings. The summed E-state index contributed by atoms with van der Waals surface area (Å²) < 4.78 is 18.7. The summed E-state index contributed by atoms with van der Waals surface area (Å²) in [4.78, 5) is 0. The molecule has 0 saturated heterocycles. The number of fused-ring (bicyclic) bond motifs is 3. The average molecular weight is 479 g/mol. The van der Waals surface area contributed by atoms with E-state index in [2.05, 4.69) is 45.2 Å². The van der Waals surface area contributed by atoms with Gasteiger partial charge in [0.2, 0.25) is 6.23 Å². The van der Waals surface area contributed by atoms with Gasteiger partial charge in [-0.25, -0.2) is 5.01 Å². The minimum absolute atomic E-state index is 0.0974. The third-order valence-electron chi connectivity index (χ3n) is 5.66. The Morgan fingerprint density at radius 2 is 1.87 bits per heavy atom. The molecule has 158 valence electrons. The molecule has 0 amide bonds. The van der Waals surface area contributed by atoms with Gasteiger partial charge in [-0.15, -0.1) is 0 Å². The van der Waals surface area contributed by atoms with Crippen molar-refractivity contribution >= 4 is 21.6 Å². The first-order valence-electron chi connectivity index (χ1n) is 10.4. The van der Waals surface area contributed by atoms with E-state index in [0.29, 0.717) is 6.61 Å². The number of hydrogen-bond acceptors (Lipinski definition) is 5. The second kappa shape index (κ2) is 8.27. The van der Waals surface area contributed by atoms with Crippen LogP contribution in [0.15, 0.2) is 76.3 Å². The first kappa shape index (κ1) is 19.9. The van der Waals surface area contributed by atoms with Crippen LogP contribution >= 0.6 is 15.9 Å². The molecule has 0 N–H and O–H groups in total. The van der Waals surface area contributed by atoms with Gasteiger partial charge in [0, 0.05) is 16.5 Å². The first-order valence-corrected chi connectivity index (χ1v) is 11.1. The van der Waals surface area contributed by atoms with Gasteiger partial charge in [-0.05, 0) is 61.0 Å². The molecule has 6 heteroatoms. The summed E-state index contributed by atoms with van der Waals surface area (Å²) in [5, 5.41) is 7.10. The Bertz CT molecular complexity index is 1130. The van der Waals surface area contributed by atoms with Gasteiger partial charge in [0.05, 0.1) is 31.0 Å².